The highest BCUT2D eigenvalue weighted by atomic mass is 32.2. The molecule has 1 aromatic carbocycles. The number of aromatic nitrogens is 1. The first-order valence-corrected chi connectivity index (χ1v) is 19.6. The molecule has 5 aliphatic rings. The van der Waals surface area contributed by atoms with Gasteiger partial charge in [-0.25, -0.2) is 18.2 Å². The molecule has 0 unspecified atom stereocenters. The summed E-state index contributed by atoms with van der Waals surface area (Å²) in [5, 5.41) is 15.9. The van der Waals surface area contributed by atoms with Crippen LogP contribution in [-0.4, -0.2) is 96.0 Å². The summed E-state index contributed by atoms with van der Waals surface area (Å²) in [5.74, 6) is -1.32. The molecule has 4 N–H and O–H groups in total. The fourth-order valence-electron chi connectivity index (χ4n) is 7.84. The largest absolute Gasteiger partial charge is 0.486 e. The number of nitrogens with zero attached hydrogens (tertiary/aromatic N) is 2. The highest BCUT2D eigenvalue weighted by molar-refractivity contribution is 7.91. The first kappa shape index (κ1) is 35.8. The maximum absolute atomic E-state index is 14.5. The summed E-state index contributed by atoms with van der Waals surface area (Å²) in [5.41, 5.74) is -1.53. The summed E-state index contributed by atoms with van der Waals surface area (Å²) in [6.45, 7) is 4.69. The highest BCUT2D eigenvalue weighted by Crippen LogP contribution is 2.46. The fraction of sp³-hybridized carbons (Fsp3) is 0.583. The fourth-order valence-corrected chi connectivity index (χ4v) is 9.20. The van der Waals surface area contributed by atoms with Crippen LogP contribution in [-0.2, 0) is 24.4 Å². The molecule has 2 aliphatic carbocycles. The van der Waals surface area contributed by atoms with Gasteiger partial charge in [0.25, 0.3) is 5.91 Å². The topological polar surface area (TPSA) is 203 Å². The van der Waals surface area contributed by atoms with E-state index in [9.17, 15) is 32.7 Å². The smallest absolute Gasteiger partial charge is 0.405 e. The summed E-state index contributed by atoms with van der Waals surface area (Å²) in [7, 11) is -3.91. The number of pyridine rings is 1. The molecule has 0 bridgehead atoms. The Hall–Kier alpha value is -4.60. The van der Waals surface area contributed by atoms with Gasteiger partial charge in [0, 0.05) is 29.3 Å². The number of carbonyl (C=O) groups is 4. The van der Waals surface area contributed by atoms with Crippen molar-refractivity contribution in [2.75, 3.05) is 19.8 Å². The average Bonchev–Trinajstić information content (AvgIpc) is 4.04. The lowest BCUT2D eigenvalue weighted by atomic mass is 9.85. The van der Waals surface area contributed by atoms with Crippen molar-refractivity contribution in [2.45, 2.75) is 94.2 Å². The molecule has 280 valence electrons. The minimum absolute atomic E-state index is 0.00571. The number of allylic oxidation sites excluding steroid dienone is 1. The Balaban J connectivity index is 1.22. The lowest BCUT2D eigenvalue weighted by Crippen LogP contribution is -2.59. The molecule has 52 heavy (non-hydrogen) atoms. The van der Waals surface area contributed by atoms with E-state index in [1.165, 1.54) is 4.90 Å². The third-order valence-corrected chi connectivity index (χ3v) is 12.8. The first-order valence-electron chi connectivity index (χ1n) is 18.1. The van der Waals surface area contributed by atoms with Crippen molar-refractivity contribution in [3.8, 4) is 17.4 Å². The molecule has 1 saturated heterocycles. The van der Waals surface area contributed by atoms with E-state index in [0.717, 1.165) is 11.8 Å². The number of nitrogens with one attached hydrogen (secondary N) is 3. The van der Waals surface area contributed by atoms with Crippen molar-refractivity contribution in [2.24, 2.45) is 17.8 Å². The van der Waals surface area contributed by atoms with Crippen LogP contribution in [0.2, 0.25) is 0 Å². The van der Waals surface area contributed by atoms with Gasteiger partial charge in [0.05, 0.1) is 11.8 Å². The maximum atomic E-state index is 14.5. The molecule has 4 heterocycles. The molecule has 3 fully saturated rings. The van der Waals surface area contributed by atoms with Crippen LogP contribution in [0, 0.1) is 17.8 Å². The number of carboxylic acid groups (broad SMARTS) is 1. The van der Waals surface area contributed by atoms with Crippen molar-refractivity contribution in [1.29, 1.82) is 0 Å². The van der Waals surface area contributed by atoms with Gasteiger partial charge in [0.2, 0.25) is 27.7 Å². The van der Waals surface area contributed by atoms with Crippen molar-refractivity contribution in [1.82, 2.24) is 25.2 Å². The summed E-state index contributed by atoms with van der Waals surface area (Å²) in [4.78, 5) is 60.4. The Labute approximate surface area is 301 Å². The quantitative estimate of drug-likeness (QED) is 0.304. The number of carbonyl (C=O) groups excluding carboxylic acids is 3. The monoisotopic (exact) mass is 739 g/mol. The van der Waals surface area contributed by atoms with Gasteiger partial charge < -0.3 is 34.9 Å². The Morgan fingerprint density at radius 2 is 1.90 bits per heavy atom. The number of fused-ring (bicyclic) bond motifs is 5. The van der Waals surface area contributed by atoms with Crippen molar-refractivity contribution in [3.05, 3.63) is 36.5 Å². The molecule has 4 amide bonds. The van der Waals surface area contributed by atoms with Crippen LogP contribution < -0.4 is 29.6 Å². The minimum Gasteiger partial charge on any atom is -0.486 e. The zero-order valence-corrected chi connectivity index (χ0v) is 30.0. The number of benzene rings is 1. The molecule has 0 spiro atoms. The molecule has 0 radical (unpaired) electrons. The Morgan fingerprint density at radius 3 is 2.65 bits per heavy atom. The van der Waals surface area contributed by atoms with Crippen LogP contribution in [0.3, 0.4) is 0 Å². The Kier molecular flexibility index (Phi) is 9.69. The van der Waals surface area contributed by atoms with E-state index >= 15 is 0 Å². The summed E-state index contributed by atoms with van der Waals surface area (Å²) < 4.78 is 45.9. The van der Waals surface area contributed by atoms with E-state index in [1.807, 2.05) is 26.0 Å². The third-order valence-electron chi connectivity index (χ3n) is 10.9. The van der Waals surface area contributed by atoms with Gasteiger partial charge in [-0.1, -0.05) is 32.4 Å². The van der Waals surface area contributed by atoms with E-state index in [-0.39, 0.29) is 37.1 Å². The van der Waals surface area contributed by atoms with Crippen LogP contribution >= 0.6 is 0 Å². The normalized spacial score (nSPS) is 30.6. The number of ether oxygens (including phenoxy) is 3. The molecule has 16 heteroatoms. The number of hydrogen-bond acceptors (Lipinski definition) is 10. The van der Waals surface area contributed by atoms with Gasteiger partial charge in [-0.05, 0) is 68.6 Å². The molecule has 1 aromatic heterocycles. The second-order valence-electron chi connectivity index (χ2n) is 14.7. The maximum Gasteiger partial charge on any atom is 0.405 e. The molecule has 3 aliphatic heterocycles. The molecule has 7 rings (SSSR count). The van der Waals surface area contributed by atoms with Gasteiger partial charge in [0.15, 0.2) is 11.5 Å². The number of amides is 4. The predicted octanol–water partition coefficient (Wildman–Crippen LogP) is 2.88. The minimum atomic E-state index is -3.91. The predicted molar refractivity (Wildman–Crippen MR) is 187 cm³/mol. The molecule has 7 atom stereocenters. The van der Waals surface area contributed by atoms with Crippen LogP contribution in [0.25, 0.3) is 10.8 Å². The molecule has 2 saturated carbocycles. The van der Waals surface area contributed by atoms with Crippen LogP contribution in [0.1, 0.15) is 65.2 Å². The zero-order valence-electron chi connectivity index (χ0n) is 29.2. The summed E-state index contributed by atoms with van der Waals surface area (Å²) >= 11 is 0. The SMILES string of the molecule is CC[C@@H]1C[C@H](C)CCC=C[C@@H]2C[C@@]2(C(=O)NS(=O)(=O)C2CC2)NC(=O)[C@@H]2C[C@@H](Oc3nccc4c5c(ccc34)OCCO5)CN2C(=O)[C@H]1NC(=O)O. The van der Waals surface area contributed by atoms with E-state index in [0.29, 0.717) is 62.2 Å². The summed E-state index contributed by atoms with van der Waals surface area (Å²) in [6, 6.07) is 3.05. The van der Waals surface area contributed by atoms with E-state index in [2.05, 4.69) is 20.3 Å². The lowest BCUT2D eigenvalue weighted by Gasteiger charge is -2.33. The van der Waals surface area contributed by atoms with Gasteiger partial charge in [-0.3, -0.25) is 19.1 Å². The second-order valence-corrected chi connectivity index (χ2v) is 16.6. The number of sulfonamides is 1. The second kappa shape index (κ2) is 14.1. The number of hydrogen-bond donors (Lipinski definition) is 4. The van der Waals surface area contributed by atoms with Gasteiger partial charge in [0.1, 0.15) is 36.9 Å². The van der Waals surface area contributed by atoms with Crippen LogP contribution in [0.15, 0.2) is 36.5 Å². The first-order chi connectivity index (χ1) is 24.9. The van der Waals surface area contributed by atoms with Crippen molar-refractivity contribution < 1.29 is 46.9 Å². The molecule has 15 nitrogen and oxygen atoms in total. The molecule has 2 aromatic rings. The molecular formula is C36H45N5O10S. The zero-order chi connectivity index (χ0) is 36.8. The van der Waals surface area contributed by atoms with Crippen molar-refractivity contribution >= 4 is 44.6 Å². The van der Waals surface area contributed by atoms with E-state index in [1.54, 1.807) is 24.4 Å². The standard InChI is InChI=1S/C36H45N5O10S/c1-3-21-16-20(2)6-4-5-7-22-18-36(22,34(44)40-52(47,48)24-8-9-24)39-31(42)27-17-23(19-41(27)33(43)29(21)38-35(45)46)51-32-26-10-11-28-30(50-15-14-49-28)25(26)12-13-37-32/h5,7,10-13,20-24,27,29,38H,3-4,6,8-9,14-19H2,1-2H3,(H,39,42)(H,40,44)(H,45,46)/t20-,21-,22-,23-,27+,29+,36-/m1/s1. The van der Waals surface area contributed by atoms with Crippen LogP contribution in [0.4, 0.5) is 4.79 Å². The van der Waals surface area contributed by atoms with E-state index in [4.69, 9.17) is 14.2 Å². The lowest BCUT2D eigenvalue weighted by molar-refractivity contribution is -0.142. The van der Waals surface area contributed by atoms with Gasteiger partial charge >= 0.3 is 6.09 Å². The Bertz CT molecular complexity index is 1900. The number of rotatable bonds is 7. The molecular weight excluding hydrogens is 694 g/mol. The van der Waals surface area contributed by atoms with Gasteiger partial charge in [-0.15, -0.1) is 0 Å². The van der Waals surface area contributed by atoms with Crippen LogP contribution in [0.5, 0.6) is 17.4 Å². The summed E-state index contributed by atoms with van der Waals surface area (Å²) in [6.07, 6.45) is 6.85. The van der Waals surface area contributed by atoms with Crippen molar-refractivity contribution in [3.63, 3.8) is 0 Å². The van der Waals surface area contributed by atoms with Gasteiger partial charge in [-0.2, -0.15) is 0 Å². The average molecular weight is 740 g/mol. The highest BCUT2D eigenvalue weighted by Gasteiger charge is 2.62. The van der Waals surface area contributed by atoms with E-state index < -0.39 is 68.7 Å². The third kappa shape index (κ3) is 7.08. The Morgan fingerprint density at radius 1 is 1.12 bits per heavy atom.